The number of anilines is 1. The van der Waals surface area contributed by atoms with Crippen LogP contribution in [-0.4, -0.2) is 45.3 Å². The van der Waals surface area contributed by atoms with Gasteiger partial charge >= 0.3 is 0 Å². The molecular formula is C16H25N3O2. The normalized spacial score (nSPS) is 17.9. The molecule has 0 aromatic heterocycles. The quantitative estimate of drug-likeness (QED) is 0.794. The van der Waals surface area contributed by atoms with Crippen molar-refractivity contribution in [3.63, 3.8) is 0 Å². The fourth-order valence-corrected chi connectivity index (χ4v) is 2.83. The minimum Gasteiger partial charge on any atom is -0.383 e. The van der Waals surface area contributed by atoms with Crippen molar-refractivity contribution < 1.29 is 9.53 Å². The molecule has 0 aliphatic carbocycles. The first-order chi connectivity index (χ1) is 10.1. The van der Waals surface area contributed by atoms with Crippen LogP contribution in [0.3, 0.4) is 0 Å². The maximum atomic E-state index is 11.3. The second-order valence-corrected chi connectivity index (χ2v) is 5.60. The zero-order chi connectivity index (χ0) is 15.2. The van der Waals surface area contributed by atoms with Gasteiger partial charge in [-0.05, 0) is 50.1 Å². The average molecular weight is 291 g/mol. The van der Waals surface area contributed by atoms with E-state index < -0.39 is 0 Å². The number of benzene rings is 1. The first-order valence-corrected chi connectivity index (χ1v) is 7.49. The number of aryl methyl sites for hydroxylation is 1. The molecule has 5 heteroatoms. The molecule has 0 bridgehead atoms. The summed E-state index contributed by atoms with van der Waals surface area (Å²) in [5, 5.41) is 3.52. The summed E-state index contributed by atoms with van der Waals surface area (Å²) >= 11 is 0. The zero-order valence-electron chi connectivity index (χ0n) is 12.9. The summed E-state index contributed by atoms with van der Waals surface area (Å²) in [4.78, 5) is 13.6. The Bertz CT molecular complexity index is 484. The molecule has 116 valence electrons. The highest BCUT2D eigenvalue weighted by atomic mass is 16.5. The summed E-state index contributed by atoms with van der Waals surface area (Å²) in [7, 11) is 1.72. The molecule has 1 amide bonds. The summed E-state index contributed by atoms with van der Waals surface area (Å²) in [5.41, 5.74) is 7.99. The molecule has 0 saturated carbocycles. The first kappa shape index (κ1) is 15.8. The van der Waals surface area contributed by atoms with Gasteiger partial charge in [0.15, 0.2) is 0 Å². The van der Waals surface area contributed by atoms with E-state index in [0.29, 0.717) is 18.2 Å². The molecule has 1 aromatic rings. The third-order valence-corrected chi connectivity index (χ3v) is 4.01. The molecule has 21 heavy (non-hydrogen) atoms. The Labute approximate surface area is 126 Å². The lowest BCUT2D eigenvalue weighted by Crippen LogP contribution is -2.39. The molecular weight excluding hydrogens is 266 g/mol. The smallest absolute Gasteiger partial charge is 0.248 e. The van der Waals surface area contributed by atoms with Crippen LogP contribution in [0, 0.1) is 6.92 Å². The summed E-state index contributed by atoms with van der Waals surface area (Å²) in [6.45, 7) is 5.50. The van der Waals surface area contributed by atoms with Gasteiger partial charge in [-0.1, -0.05) is 0 Å². The molecule has 1 aromatic carbocycles. The lowest BCUT2D eigenvalue weighted by atomic mass is 10.1. The molecule has 1 unspecified atom stereocenters. The summed E-state index contributed by atoms with van der Waals surface area (Å²) in [5.74, 6) is -0.375. The van der Waals surface area contributed by atoms with Crippen molar-refractivity contribution in [2.24, 2.45) is 5.73 Å². The zero-order valence-corrected chi connectivity index (χ0v) is 12.9. The lowest BCUT2D eigenvalue weighted by Gasteiger charge is -2.28. The van der Waals surface area contributed by atoms with E-state index in [9.17, 15) is 4.79 Å². The number of primary amides is 1. The van der Waals surface area contributed by atoms with Gasteiger partial charge in [-0.25, -0.2) is 0 Å². The molecule has 0 spiro atoms. The molecule has 1 aliphatic rings. The van der Waals surface area contributed by atoms with E-state index in [0.717, 1.165) is 30.9 Å². The molecule has 2 rings (SSSR count). The summed E-state index contributed by atoms with van der Waals surface area (Å²) in [6.07, 6.45) is 2.45. The number of nitrogens with one attached hydrogen (secondary N) is 1. The monoisotopic (exact) mass is 291 g/mol. The molecule has 1 atom stereocenters. The van der Waals surface area contributed by atoms with Crippen molar-refractivity contribution in [1.29, 1.82) is 0 Å². The summed E-state index contributed by atoms with van der Waals surface area (Å²) < 4.78 is 5.21. The Hall–Kier alpha value is -1.59. The fraction of sp³-hybridized carbons (Fsp3) is 0.562. The van der Waals surface area contributed by atoms with Crippen LogP contribution >= 0.6 is 0 Å². The van der Waals surface area contributed by atoms with E-state index in [4.69, 9.17) is 10.5 Å². The third-order valence-electron chi connectivity index (χ3n) is 4.01. The van der Waals surface area contributed by atoms with Crippen molar-refractivity contribution in [2.45, 2.75) is 25.8 Å². The highest BCUT2D eigenvalue weighted by Crippen LogP contribution is 2.20. The first-order valence-electron chi connectivity index (χ1n) is 7.49. The molecule has 3 N–H and O–H groups in total. The molecule has 1 saturated heterocycles. The van der Waals surface area contributed by atoms with Crippen LogP contribution in [0.4, 0.5) is 5.69 Å². The second-order valence-electron chi connectivity index (χ2n) is 5.60. The number of nitrogens with two attached hydrogens (primary N) is 1. The van der Waals surface area contributed by atoms with Crippen molar-refractivity contribution >= 4 is 11.6 Å². The van der Waals surface area contributed by atoms with Crippen LogP contribution in [0.2, 0.25) is 0 Å². The summed E-state index contributed by atoms with van der Waals surface area (Å²) in [6, 6.07) is 6.34. The number of hydrogen-bond donors (Lipinski definition) is 2. The maximum absolute atomic E-state index is 11.3. The van der Waals surface area contributed by atoms with E-state index >= 15 is 0 Å². The number of carbonyl (C=O) groups excluding carboxylic acids is 1. The van der Waals surface area contributed by atoms with Crippen LogP contribution < -0.4 is 16.0 Å². The van der Waals surface area contributed by atoms with Gasteiger partial charge in [0.25, 0.3) is 0 Å². The number of methoxy groups -OCH3 is 1. The Morgan fingerprint density at radius 2 is 2.33 bits per heavy atom. The number of ether oxygens (including phenoxy) is 1. The number of amides is 1. The second kappa shape index (κ2) is 7.43. The molecule has 1 heterocycles. The van der Waals surface area contributed by atoms with Crippen LogP contribution in [0.15, 0.2) is 18.2 Å². The average Bonchev–Trinajstić information content (AvgIpc) is 2.95. The van der Waals surface area contributed by atoms with Gasteiger partial charge in [-0.15, -0.1) is 0 Å². The highest BCUT2D eigenvalue weighted by Gasteiger charge is 2.18. The predicted molar refractivity (Wildman–Crippen MR) is 84.8 cm³/mol. The third kappa shape index (κ3) is 4.19. The van der Waals surface area contributed by atoms with Crippen molar-refractivity contribution in [1.82, 2.24) is 5.32 Å². The molecule has 1 fully saturated rings. The molecule has 1 aliphatic heterocycles. The predicted octanol–water partition coefficient (Wildman–Crippen LogP) is 1.30. The Balaban J connectivity index is 2.14. The van der Waals surface area contributed by atoms with Crippen molar-refractivity contribution in [3.8, 4) is 0 Å². The van der Waals surface area contributed by atoms with Gasteiger partial charge in [0.05, 0.1) is 6.61 Å². The van der Waals surface area contributed by atoms with Gasteiger partial charge in [-0.3, -0.25) is 4.79 Å². The van der Waals surface area contributed by atoms with Crippen molar-refractivity contribution in [3.05, 3.63) is 29.3 Å². The lowest BCUT2D eigenvalue weighted by molar-refractivity contribution is 0.0999. The molecule has 5 nitrogen and oxygen atoms in total. The standard InChI is InChI=1S/C16H25N3O2/c1-12-10-14(5-6-15(12)16(17)20)19(8-9-21-2)11-13-4-3-7-18-13/h5-6,10,13,18H,3-4,7-9,11H2,1-2H3,(H2,17,20). The van der Waals surface area contributed by atoms with Gasteiger partial charge < -0.3 is 20.7 Å². The number of hydrogen-bond acceptors (Lipinski definition) is 4. The van der Waals surface area contributed by atoms with E-state index in [1.54, 1.807) is 7.11 Å². The maximum Gasteiger partial charge on any atom is 0.248 e. The van der Waals surface area contributed by atoms with E-state index in [1.807, 2.05) is 25.1 Å². The van der Waals surface area contributed by atoms with Gasteiger partial charge in [-0.2, -0.15) is 0 Å². The van der Waals surface area contributed by atoms with Crippen LogP contribution in [0.1, 0.15) is 28.8 Å². The minimum absolute atomic E-state index is 0.375. The Morgan fingerprint density at radius 1 is 1.52 bits per heavy atom. The topological polar surface area (TPSA) is 67.6 Å². The van der Waals surface area contributed by atoms with Gasteiger partial charge in [0.2, 0.25) is 5.91 Å². The fourth-order valence-electron chi connectivity index (χ4n) is 2.83. The van der Waals surface area contributed by atoms with Gasteiger partial charge in [0, 0.05) is 37.5 Å². The van der Waals surface area contributed by atoms with E-state index in [2.05, 4.69) is 10.2 Å². The Kier molecular flexibility index (Phi) is 5.59. The largest absolute Gasteiger partial charge is 0.383 e. The number of carbonyl (C=O) groups is 1. The SMILES string of the molecule is COCCN(CC1CCCN1)c1ccc(C(N)=O)c(C)c1. The van der Waals surface area contributed by atoms with Crippen molar-refractivity contribution in [2.75, 3.05) is 38.3 Å². The van der Waals surface area contributed by atoms with E-state index in [-0.39, 0.29) is 5.91 Å². The van der Waals surface area contributed by atoms with E-state index in [1.165, 1.54) is 12.8 Å². The Morgan fingerprint density at radius 3 is 2.90 bits per heavy atom. The number of rotatable bonds is 7. The molecule has 0 radical (unpaired) electrons. The highest BCUT2D eigenvalue weighted by molar-refractivity contribution is 5.94. The van der Waals surface area contributed by atoms with Crippen LogP contribution in [-0.2, 0) is 4.74 Å². The van der Waals surface area contributed by atoms with Crippen LogP contribution in [0.25, 0.3) is 0 Å². The number of nitrogens with zero attached hydrogens (tertiary/aromatic N) is 1. The minimum atomic E-state index is -0.375. The van der Waals surface area contributed by atoms with Crippen LogP contribution in [0.5, 0.6) is 0 Å². The van der Waals surface area contributed by atoms with Gasteiger partial charge in [0.1, 0.15) is 0 Å².